The van der Waals surface area contributed by atoms with E-state index in [0.717, 1.165) is 11.1 Å². The van der Waals surface area contributed by atoms with Gasteiger partial charge in [0.25, 0.3) is 0 Å². The minimum absolute atomic E-state index is 0.137. The summed E-state index contributed by atoms with van der Waals surface area (Å²) in [7, 11) is 4.79. The van der Waals surface area contributed by atoms with Crippen LogP contribution in [0.3, 0.4) is 0 Å². The highest BCUT2D eigenvalue weighted by Crippen LogP contribution is 2.30. The van der Waals surface area contributed by atoms with Crippen molar-refractivity contribution in [3.05, 3.63) is 53.1 Å². The van der Waals surface area contributed by atoms with E-state index in [9.17, 15) is 8.78 Å². The van der Waals surface area contributed by atoms with Gasteiger partial charge in [0, 0.05) is 31.3 Å². The maximum Gasteiger partial charge on any atom is 0.387 e. The Morgan fingerprint density at radius 3 is 2.32 bits per heavy atom. The molecule has 8 heteroatoms. The third kappa shape index (κ3) is 5.73. The maximum absolute atomic E-state index is 12.6. The number of benzene rings is 2. The molecule has 2 N–H and O–H groups in total. The molecule has 0 atom stereocenters. The van der Waals surface area contributed by atoms with E-state index in [1.165, 1.54) is 6.07 Å². The van der Waals surface area contributed by atoms with Gasteiger partial charge < -0.3 is 24.8 Å². The van der Waals surface area contributed by atoms with E-state index in [4.69, 9.17) is 9.47 Å². The van der Waals surface area contributed by atoms with Crippen LogP contribution in [0.15, 0.2) is 41.4 Å². The molecule has 2 rings (SSSR count). The fraction of sp³-hybridized carbons (Fsp3) is 0.350. The Morgan fingerprint density at radius 1 is 1.00 bits per heavy atom. The number of ether oxygens (including phenoxy) is 3. The van der Waals surface area contributed by atoms with Crippen LogP contribution < -0.4 is 24.8 Å². The van der Waals surface area contributed by atoms with Crippen molar-refractivity contribution in [2.75, 3.05) is 21.3 Å². The molecule has 0 amide bonds. The summed E-state index contributed by atoms with van der Waals surface area (Å²) in [4.78, 5) is 4.16. The largest absolute Gasteiger partial charge is 0.493 e. The Morgan fingerprint density at radius 2 is 1.71 bits per heavy atom. The molecule has 0 spiro atoms. The highest BCUT2D eigenvalue weighted by atomic mass is 19.3. The molecule has 0 aliphatic rings. The van der Waals surface area contributed by atoms with Gasteiger partial charge in [0.05, 0.1) is 14.2 Å². The van der Waals surface area contributed by atoms with Crippen LogP contribution >= 0.6 is 0 Å². The molecule has 0 fully saturated rings. The van der Waals surface area contributed by atoms with Crippen LogP contribution in [-0.2, 0) is 13.1 Å². The van der Waals surface area contributed by atoms with E-state index in [1.807, 2.05) is 25.1 Å². The lowest BCUT2D eigenvalue weighted by Gasteiger charge is -2.17. The Kier molecular flexibility index (Phi) is 7.86. The molecule has 0 aromatic heterocycles. The third-order valence-electron chi connectivity index (χ3n) is 4.03. The lowest BCUT2D eigenvalue weighted by atomic mass is 10.1. The van der Waals surface area contributed by atoms with Crippen molar-refractivity contribution in [2.24, 2.45) is 4.99 Å². The summed E-state index contributed by atoms with van der Waals surface area (Å²) in [6, 6.07) is 10.7. The number of nitrogens with one attached hydrogen (secondary N) is 2. The number of rotatable bonds is 8. The highest BCUT2D eigenvalue weighted by molar-refractivity contribution is 5.79. The number of aliphatic imine (C=N–C) groups is 1. The molecule has 0 radical (unpaired) electrons. The first-order valence-corrected chi connectivity index (χ1v) is 8.67. The van der Waals surface area contributed by atoms with Crippen LogP contribution in [-0.4, -0.2) is 33.8 Å². The topological polar surface area (TPSA) is 64.1 Å². The normalized spacial score (nSPS) is 11.3. The first-order valence-electron chi connectivity index (χ1n) is 8.67. The zero-order valence-electron chi connectivity index (χ0n) is 16.4. The fourth-order valence-corrected chi connectivity index (χ4v) is 2.73. The van der Waals surface area contributed by atoms with Gasteiger partial charge >= 0.3 is 6.61 Å². The van der Waals surface area contributed by atoms with Crippen LogP contribution in [0, 0.1) is 6.92 Å². The molecule has 0 heterocycles. The van der Waals surface area contributed by atoms with Crippen LogP contribution in [0.1, 0.15) is 16.7 Å². The standard InChI is InChI=1S/C20H25F2N3O3/c1-13-8-9-16(28-19(21)22)15(10-13)12-25-20(23-2)24-11-14-6-5-7-17(26-3)18(14)27-4/h5-10,19H,11-12H2,1-4H3,(H2,23,24,25). The lowest BCUT2D eigenvalue weighted by molar-refractivity contribution is -0.0504. The zero-order valence-corrected chi connectivity index (χ0v) is 16.4. The van der Waals surface area contributed by atoms with E-state index in [2.05, 4.69) is 20.4 Å². The smallest absolute Gasteiger partial charge is 0.387 e. The summed E-state index contributed by atoms with van der Waals surface area (Å²) >= 11 is 0. The first-order chi connectivity index (χ1) is 13.5. The number of hydrogen-bond acceptors (Lipinski definition) is 4. The molecule has 152 valence electrons. The SMILES string of the molecule is CN=C(NCc1cc(C)ccc1OC(F)F)NCc1cccc(OC)c1OC. The summed E-state index contributed by atoms with van der Waals surface area (Å²) in [6.07, 6.45) is 0. The van der Waals surface area contributed by atoms with E-state index < -0.39 is 6.61 Å². The Balaban J connectivity index is 2.04. The van der Waals surface area contributed by atoms with Gasteiger partial charge in [-0.05, 0) is 19.1 Å². The lowest BCUT2D eigenvalue weighted by Crippen LogP contribution is -2.36. The summed E-state index contributed by atoms with van der Waals surface area (Å²) in [5.41, 5.74) is 2.45. The Bertz CT molecular complexity index is 813. The van der Waals surface area contributed by atoms with Crippen molar-refractivity contribution < 1.29 is 23.0 Å². The van der Waals surface area contributed by atoms with Crippen molar-refractivity contribution in [3.8, 4) is 17.2 Å². The molecule has 0 aliphatic heterocycles. The van der Waals surface area contributed by atoms with Gasteiger partial charge in [0.15, 0.2) is 17.5 Å². The average molecular weight is 393 g/mol. The van der Waals surface area contributed by atoms with Crippen LogP contribution in [0.5, 0.6) is 17.2 Å². The monoisotopic (exact) mass is 393 g/mol. The quantitative estimate of drug-likeness (QED) is 0.531. The number of halogens is 2. The van der Waals surface area contributed by atoms with Gasteiger partial charge in [-0.15, -0.1) is 0 Å². The van der Waals surface area contributed by atoms with E-state index >= 15 is 0 Å². The van der Waals surface area contributed by atoms with Crippen molar-refractivity contribution >= 4 is 5.96 Å². The van der Waals surface area contributed by atoms with Gasteiger partial charge in [-0.3, -0.25) is 4.99 Å². The van der Waals surface area contributed by atoms with Crippen LogP contribution in [0.2, 0.25) is 0 Å². The molecule has 0 aliphatic carbocycles. The Labute approximate surface area is 163 Å². The summed E-state index contributed by atoms with van der Waals surface area (Å²) < 4.78 is 40.5. The molecular weight excluding hydrogens is 368 g/mol. The summed E-state index contributed by atoms with van der Waals surface area (Å²) in [5.74, 6) is 1.92. The van der Waals surface area contributed by atoms with Crippen LogP contribution in [0.4, 0.5) is 8.78 Å². The number of aryl methyl sites for hydroxylation is 1. The second-order valence-electron chi connectivity index (χ2n) is 5.92. The number of nitrogens with zero attached hydrogens (tertiary/aromatic N) is 1. The molecule has 0 saturated heterocycles. The molecule has 0 unspecified atom stereocenters. The second-order valence-corrected chi connectivity index (χ2v) is 5.92. The van der Waals surface area contributed by atoms with Gasteiger partial charge in [-0.2, -0.15) is 8.78 Å². The van der Waals surface area contributed by atoms with Gasteiger partial charge in [0.1, 0.15) is 5.75 Å². The molecule has 0 saturated carbocycles. The number of alkyl halides is 2. The molecule has 2 aromatic rings. The molecule has 28 heavy (non-hydrogen) atoms. The summed E-state index contributed by atoms with van der Waals surface area (Å²) in [6.45, 7) is -0.274. The van der Waals surface area contributed by atoms with Crippen molar-refractivity contribution in [3.63, 3.8) is 0 Å². The third-order valence-corrected chi connectivity index (χ3v) is 4.03. The second kappa shape index (κ2) is 10.3. The molecular formula is C20H25F2N3O3. The number of para-hydroxylation sites is 1. The summed E-state index contributed by atoms with van der Waals surface area (Å²) in [5, 5.41) is 6.28. The fourth-order valence-electron chi connectivity index (χ4n) is 2.73. The highest BCUT2D eigenvalue weighted by Gasteiger charge is 2.12. The van der Waals surface area contributed by atoms with Crippen molar-refractivity contribution in [2.45, 2.75) is 26.6 Å². The molecule has 2 aromatic carbocycles. The van der Waals surface area contributed by atoms with Gasteiger partial charge in [-0.1, -0.05) is 29.8 Å². The van der Waals surface area contributed by atoms with E-state index in [0.29, 0.717) is 29.6 Å². The van der Waals surface area contributed by atoms with Crippen molar-refractivity contribution in [1.29, 1.82) is 0 Å². The Hall–Kier alpha value is -3.03. The number of guanidine groups is 1. The first kappa shape index (κ1) is 21.3. The maximum atomic E-state index is 12.6. The molecule has 0 bridgehead atoms. The molecule has 6 nitrogen and oxygen atoms in total. The van der Waals surface area contributed by atoms with E-state index in [-0.39, 0.29) is 12.3 Å². The predicted molar refractivity (Wildman–Crippen MR) is 104 cm³/mol. The number of hydrogen-bond donors (Lipinski definition) is 2. The minimum atomic E-state index is -2.88. The van der Waals surface area contributed by atoms with Gasteiger partial charge in [-0.25, -0.2) is 0 Å². The van der Waals surface area contributed by atoms with Crippen LogP contribution in [0.25, 0.3) is 0 Å². The number of methoxy groups -OCH3 is 2. The average Bonchev–Trinajstić information content (AvgIpc) is 2.69. The predicted octanol–water partition coefficient (Wildman–Crippen LogP) is 3.48. The van der Waals surface area contributed by atoms with Gasteiger partial charge in [0.2, 0.25) is 0 Å². The van der Waals surface area contributed by atoms with E-state index in [1.54, 1.807) is 33.4 Å². The minimum Gasteiger partial charge on any atom is -0.493 e. The zero-order chi connectivity index (χ0) is 20.5. The van der Waals surface area contributed by atoms with Crippen molar-refractivity contribution in [1.82, 2.24) is 10.6 Å².